The van der Waals surface area contributed by atoms with Crippen molar-refractivity contribution >= 4 is 18.0 Å². The molecule has 2 saturated heterocycles. The van der Waals surface area contributed by atoms with Crippen LogP contribution in [0.1, 0.15) is 30.7 Å². The van der Waals surface area contributed by atoms with E-state index in [0.717, 1.165) is 43.9 Å². The molecule has 0 aromatic heterocycles. The second kappa shape index (κ2) is 8.37. The normalized spacial score (nSPS) is 24.6. The van der Waals surface area contributed by atoms with Crippen LogP contribution in [-0.4, -0.2) is 48.7 Å². The Morgan fingerprint density at radius 1 is 1.33 bits per heavy atom. The van der Waals surface area contributed by atoms with Crippen molar-refractivity contribution in [2.24, 2.45) is 0 Å². The van der Waals surface area contributed by atoms with E-state index in [9.17, 15) is 4.79 Å². The van der Waals surface area contributed by atoms with Gasteiger partial charge in [0.15, 0.2) is 0 Å². The van der Waals surface area contributed by atoms with Gasteiger partial charge in [0.05, 0.1) is 12.6 Å². The zero-order chi connectivity index (χ0) is 15.1. The number of carbonyl (C=O) groups is 1. The Bertz CT molecular complexity index is 432. The highest BCUT2D eigenvalue weighted by molar-refractivity contribution is 6.30. The third kappa shape index (κ3) is 4.70. The van der Waals surface area contributed by atoms with E-state index in [0.29, 0.717) is 5.92 Å². The molecule has 0 bridgehead atoms. The number of likely N-dealkylation sites (tertiary alicyclic amines) is 1. The fraction of sp³-hybridized carbons (Fsp3) is 0.562. The summed E-state index contributed by atoms with van der Waals surface area (Å²) in [5.74, 6) is 0.697. The van der Waals surface area contributed by atoms with Gasteiger partial charge in [0, 0.05) is 18.1 Å². The lowest BCUT2D eigenvalue weighted by Gasteiger charge is -2.16. The van der Waals surface area contributed by atoms with Crippen LogP contribution in [0.4, 0.5) is 0 Å². The fourth-order valence-corrected chi connectivity index (χ4v) is 2.99. The highest BCUT2D eigenvalue weighted by Gasteiger charge is 2.21. The first kappa shape index (κ1) is 16.3. The Hall–Kier alpha value is -1.10. The maximum Gasteiger partial charge on any atom is 0.210 e. The van der Waals surface area contributed by atoms with Crippen LogP contribution in [0.25, 0.3) is 0 Å². The molecule has 0 spiro atoms. The van der Waals surface area contributed by atoms with Gasteiger partial charge in [-0.05, 0) is 49.4 Å². The molecule has 1 unspecified atom stereocenters. The molecule has 1 aromatic rings. The largest absolute Gasteiger partial charge is 0.394 e. The van der Waals surface area contributed by atoms with Crippen LogP contribution in [0.15, 0.2) is 24.3 Å². The van der Waals surface area contributed by atoms with Crippen molar-refractivity contribution in [3.63, 3.8) is 0 Å². The van der Waals surface area contributed by atoms with Crippen molar-refractivity contribution < 1.29 is 9.90 Å². The van der Waals surface area contributed by atoms with Gasteiger partial charge in [0.25, 0.3) is 0 Å². The Morgan fingerprint density at radius 3 is 2.62 bits per heavy atom. The molecule has 2 atom stereocenters. The van der Waals surface area contributed by atoms with Gasteiger partial charge in [-0.3, -0.25) is 4.79 Å². The monoisotopic (exact) mass is 310 g/mol. The second-order valence-electron chi connectivity index (χ2n) is 5.56. The molecule has 1 aromatic carbocycles. The van der Waals surface area contributed by atoms with Gasteiger partial charge in [-0.1, -0.05) is 23.7 Å². The summed E-state index contributed by atoms with van der Waals surface area (Å²) in [7, 11) is 0. The first-order valence-corrected chi connectivity index (χ1v) is 7.90. The summed E-state index contributed by atoms with van der Waals surface area (Å²) in [6, 6.07) is 8.28. The molecule has 0 radical (unpaired) electrons. The van der Waals surface area contributed by atoms with E-state index in [4.69, 9.17) is 16.7 Å². The molecule has 3 rings (SSSR count). The van der Waals surface area contributed by atoms with Crippen LogP contribution in [-0.2, 0) is 4.79 Å². The van der Waals surface area contributed by atoms with Crippen molar-refractivity contribution in [1.82, 2.24) is 10.2 Å². The van der Waals surface area contributed by atoms with Gasteiger partial charge in [-0.15, -0.1) is 0 Å². The van der Waals surface area contributed by atoms with Gasteiger partial charge >= 0.3 is 0 Å². The van der Waals surface area contributed by atoms with E-state index in [1.54, 1.807) is 4.90 Å². The predicted octanol–water partition coefficient (Wildman–Crippen LogP) is 2.02. The number of halogens is 1. The van der Waals surface area contributed by atoms with Gasteiger partial charge in [0.2, 0.25) is 6.41 Å². The molecule has 2 aliphatic rings. The van der Waals surface area contributed by atoms with E-state index in [-0.39, 0.29) is 12.6 Å². The number of amides is 1. The number of hydrogen-bond acceptors (Lipinski definition) is 3. The van der Waals surface area contributed by atoms with E-state index < -0.39 is 0 Å². The number of aliphatic hydroxyl groups excluding tert-OH is 1. The minimum absolute atomic E-state index is 0.0995. The second-order valence-corrected chi connectivity index (χ2v) is 6.00. The van der Waals surface area contributed by atoms with Crippen molar-refractivity contribution in [3.05, 3.63) is 34.9 Å². The number of rotatable bonds is 3. The number of carbonyl (C=O) groups excluding carboxylic acids is 1. The summed E-state index contributed by atoms with van der Waals surface area (Å²) >= 11 is 5.80. The maximum atomic E-state index is 10.2. The summed E-state index contributed by atoms with van der Waals surface area (Å²) < 4.78 is 0. The standard InChI is InChI=1S/C10H12ClN.C6H11NO2/c11-10-3-1-8(2-4-10)9-5-6-12-7-9;8-4-6-2-1-3-7(6)5-9/h1-4,9,12H,5-7H2;5-6,8H,1-4H2/t9-;/m0./s1. The third-order valence-corrected chi connectivity index (χ3v) is 4.42. The quantitative estimate of drug-likeness (QED) is 0.840. The predicted molar refractivity (Wildman–Crippen MR) is 84.6 cm³/mol. The Balaban J connectivity index is 0.000000161. The van der Waals surface area contributed by atoms with Crippen LogP contribution in [0.5, 0.6) is 0 Å². The molecule has 2 heterocycles. The molecule has 2 fully saturated rings. The highest BCUT2D eigenvalue weighted by atomic mass is 35.5. The SMILES string of the molecule is Clc1ccc([C@H]2CCNC2)cc1.O=CN1CCCC1CO. The first-order chi connectivity index (χ1) is 10.2. The Morgan fingerprint density at radius 2 is 2.10 bits per heavy atom. The van der Waals surface area contributed by atoms with Crippen molar-refractivity contribution in [2.45, 2.75) is 31.2 Å². The smallest absolute Gasteiger partial charge is 0.210 e. The Labute approximate surface area is 131 Å². The van der Waals surface area contributed by atoms with E-state index >= 15 is 0 Å². The molecule has 4 nitrogen and oxygen atoms in total. The van der Waals surface area contributed by atoms with Crippen molar-refractivity contribution in [3.8, 4) is 0 Å². The summed E-state index contributed by atoms with van der Waals surface area (Å²) in [5.41, 5.74) is 1.41. The first-order valence-electron chi connectivity index (χ1n) is 7.52. The van der Waals surface area contributed by atoms with Crippen LogP contribution < -0.4 is 5.32 Å². The molecule has 1 amide bonds. The molecule has 0 saturated carbocycles. The topological polar surface area (TPSA) is 52.6 Å². The van der Waals surface area contributed by atoms with E-state index in [1.807, 2.05) is 12.1 Å². The van der Waals surface area contributed by atoms with Crippen molar-refractivity contribution in [2.75, 3.05) is 26.2 Å². The van der Waals surface area contributed by atoms with Gasteiger partial charge in [0.1, 0.15) is 0 Å². The average molecular weight is 311 g/mol. The lowest BCUT2D eigenvalue weighted by atomic mass is 9.99. The zero-order valence-corrected chi connectivity index (χ0v) is 12.9. The summed E-state index contributed by atoms with van der Waals surface area (Å²) in [5, 5.41) is 12.8. The molecule has 2 N–H and O–H groups in total. The number of hydrogen-bond donors (Lipinski definition) is 2. The molecule has 21 heavy (non-hydrogen) atoms. The van der Waals surface area contributed by atoms with Gasteiger partial charge in [-0.25, -0.2) is 0 Å². The molecule has 5 heteroatoms. The summed E-state index contributed by atoms with van der Waals surface area (Å²) in [6.45, 7) is 3.18. The molecule has 2 aliphatic heterocycles. The third-order valence-electron chi connectivity index (χ3n) is 4.17. The highest BCUT2D eigenvalue weighted by Crippen LogP contribution is 2.23. The molecule has 0 aliphatic carbocycles. The Kier molecular flexibility index (Phi) is 6.49. The lowest BCUT2D eigenvalue weighted by molar-refractivity contribution is -0.119. The van der Waals surface area contributed by atoms with Crippen molar-refractivity contribution in [1.29, 1.82) is 0 Å². The summed E-state index contributed by atoms with van der Waals surface area (Å²) in [6.07, 6.45) is 4.05. The van der Waals surface area contributed by atoms with Crippen LogP contribution in [0.2, 0.25) is 5.02 Å². The lowest BCUT2D eigenvalue weighted by Crippen LogP contribution is -2.30. The fourth-order valence-electron chi connectivity index (χ4n) is 2.87. The number of aliphatic hydroxyl groups is 1. The molecular weight excluding hydrogens is 288 g/mol. The van der Waals surface area contributed by atoms with Crippen LogP contribution in [0.3, 0.4) is 0 Å². The molecular formula is C16H23ClN2O2. The van der Waals surface area contributed by atoms with Gasteiger partial charge < -0.3 is 15.3 Å². The minimum atomic E-state index is 0.0995. The zero-order valence-electron chi connectivity index (χ0n) is 12.2. The number of nitrogens with one attached hydrogen (secondary N) is 1. The minimum Gasteiger partial charge on any atom is -0.394 e. The van der Waals surface area contributed by atoms with Gasteiger partial charge in [-0.2, -0.15) is 0 Å². The van der Waals surface area contributed by atoms with E-state index in [2.05, 4.69) is 17.4 Å². The average Bonchev–Trinajstić information content (AvgIpc) is 3.19. The molecule has 116 valence electrons. The number of benzene rings is 1. The summed E-state index contributed by atoms with van der Waals surface area (Å²) in [4.78, 5) is 11.8. The number of nitrogens with zero attached hydrogens (tertiary/aromatic N) is 1. The van der Waals surface area contributed by atoms with E-state index in [1.165, 1.54) is 12.0 Å². The van der Waals surface area contributed by atoms with Crippen LogP contribution >= 0.6 is 11.6 Å². The maximum absolute atomic E-state index is 10.2. The van der Waals surface area contributed by atoms with Crippen LogP contribution in [0, 0.1) is 0 Å².